The molecule has 1 saturated heterocycles. The second-order valence-electron chi connectivity index (χ2n) is 6.42. The molecular formula is C19H29ClN2O. The lowest BCUT2D eigenvalue weighted by Gasteiger charge is -2.35. The summed E-state index contributed by atoms with van der Waals surface area (Å²) >= 11 is 5.86. The third-order valence-corrected chi connectivity index (χ3v) is 4.97. The van der Waals surface area contributed by atoms with Crippen LogP contribution in [-0.2, 0) is 11.2 Å². The highest BCUT2D eigenvalue weighted by Crippen LogP contribution is 2.19. The van der Waals surface area contributed by atoms with E-state index in [9.17, 15) is 4.79 Å². The first-order valence-electron chi connectivity index (χ1n) is 8.94. The Kier molecular flexibility index (Phi) is 7.90. The van der Waals surface area contributed by atoms with E-state index in [2.05, 4.69) is 17.1 Å². The fourth-order valence-electron chi connectivity index (χ4n) is 3.32. The van der Waals surface area contributed by atoms with Crippen LogP contribution in [0.2, 0.25) is 5.02 Å². The van der Waals surface area contributed by atoms with Crippen LogP contribution in [0.1, 0.15) is 51.0 Å². The van der Waals surface area contributed by atoms with Gasteiger partial charge in [0, 0.05) is 30.6 Å². The van der Waals surface area contributed by atoms with Crippen LogP contribution in [0.15, 0.2) is 24.3 Å². The molecule has 0 aromatic heterocycles. The van der Waals surface area contributed by atoms with Crippen molar-refractivity contribution in [1.29, 1.82) is 0 Å². The highest BCUT2D eigenvalue weighted by Gasteiger charge is 2.19. The molecule has 0 bridgehead atoms. The fourth-order valence-corrected chi connectivity index (χ4v) is 3.45. The summed E-state index contributed by atoms with van der Waals surface area (Å²) in [5, 5.41) is 3.78. The molecule has 0 radical (unpaired) electrons. The number of carbonyl (C=O) groups excluding carboxylic acids is 1. The Morgan fingerprint density at radius 3 is 2.83 bits per heavy atom. The van der Waals surface area contributed by atoms with Crippen LogP contribution in [0.4, 0.5) is 0 Å². The van der Waals surface area contributed by atoms with Gasteiger partial charge in [0.05, 0.1) is 0 Å². The van der Waals surface area contributed by atoms with E-state index in [1.165, 1.54) is 32.2 Å². The minimum Gasteiger partial charge on any atom is -0.356 e. The van der Waals surface area contributed by atoms with Gasteiger partial charge >= 0.3 is 0 Å². The van der Waals surface area contributed by atoms with E-state index >= 15 is 0 Å². The molecule has 1 amide bonds. The molecular weight excluding hydrogens is 308 g/mol. The lowest BCUT2D eigenvalue weighted by Crippen LogP contribution is -2.40. The van der Waals surface area contributed by atoms with Crippen LogP contribution < -0.4 is 5.32 Å². The van der Waals surface area contributed by atoms with Crippen molar-refractivity contribution in [2.75, 3.05) is 19.6 Å². The van der Waals surface area contributed by atoms with Gasteiger partial charge in [-0.2, -0.15) is 0 Å². The lowest BCUT2D eigenvalue weighted by molar-refractivity contribution is -0.121. The summed E-state index contributed by atoms with van der Waals surface area (Å²) in [6, 6.07) is 8.47. The standard InChI is InChI=1S/C19H29ClN2O/c1-2-18-6-3-4-14-22(18)15-5-13-21-19(23)12-9-16-7-10-17(20)11-8-16/h7-8,10-11,18H,2-6,9,12-15H2,1H3,(H,21,23)/t18-/m1/s1. The molecule has 0 aliphatic carbocycles. The van der Waals surface area contributed by atoms with Crippen molar-refractivity contribution in [1.82, 2.24) is 10.2 Å². The number of halogens is 1. The van der Waals surface area contributed by atoms with Crippen molar-refractivity contribution in [3.05, 3.63) is 34.9 Å². The minimum atomic E-state index is 0.144. The zero-order valence-corrected chi connectivity index (χ0v) is 14.9. The van der Waals surface area contributed by atoms with E-state index in [-0.39, 0.29) is 5.91 Å². The van der Waals surface area contributed by atoms with Crippen molar-refractivity contribution in [2.24, 2.45) is 0 Å². The minimum absolute atomic E-state index is 0.144. The molecule has 1 aliphatic heterocycles. The van der Waals surface area contributed by atoms with Gasteiger partial charge in [0.2, 0.25) is 5.91 Å². The summed E-state index contributed by atoms with van der Waals surface area (Å²) in [5.41, 5.74) is 1.16. The Morgan fingerprint density at radius 1 is 1.30 bits per heavy atom. The summed E-state index contributed by atoms with van der Waals surface area (Å²) < 4.78 is 0. The van der Waals surface area contributed by atoms with Gasteiger partial charge in [-0.05, 0) is 56.3 Å². The molecule has 4 heteroatoms. The normalized spacial score (nSPS) is 18.8. The van der Waals surface area contributed by atoms with Crippen molar-refractivity contribution >= 4 is 17.5 Å². The Morgan fingerprint density at radius 2 is 2.09 bits per heavy atom. The summed E-state index contributed by atoms with van der Waals surface area (Å²) in [4.78, 5) is 14.5. The number of likely N-dealkylation sites (tertiary alicyclic amines) is 1. The van der Waals surface area contributed by atoms with Gasteiger partial charge in [0.15, 0.2) is 0 Å². The van der Waals surface area contributed by atoms with Gasteiger partial charge in [0.25, 0.3) is 0 Å². The molecule has 23 heavy (non-hydrogen) atoms. The molecule has 1 atom stereocenters. The number of hydrogen-bond donors (Lipinski definition) is 1. The van der Waals surface area contributed by atoms with E-state index in [0.717, 1.165) is 42.6 Å². The quantitative estimate of drug-likeness (QED) is 0.726. The number of nitrogens with zero attached hydrogens (tertiary/aromatic N) is 1. The van der Waals surface area contributed by atoms with Gasteiger partial charge in [-0.25, -0.2) is 0 Å². The first-order valence-corrected chi connectivity index (χ1v) is 9.32. The maximum Gasteiger partial charge on any atom is 0.220 e. The van der Waals surface area contributed by atoms with Gasteiger partial charge in [-0.15, -0.1) is 0 Å². The molecule has 1 heterocycles. The number of rotatable bonds is 8. The number of hydrogen-bond acceptors (Lipinski definition) is 2. The molecule has 2 rings (SSSR count). The van der Waals surface area contributed by atoms with Crippen molar-refractivity contribution in [3.63, 3.8) is 0 Å². The average molecular weight is 337 g/mol. The van der Waals surface area contributed by atoms with Crippen LogP contribution in [-0.4, -0.2) is 36.5 Å². The fraction of sp³-hybridized carbons (Fsp3) is 0.632. The monoisotopic (exact) mass is 336 g/mol. The van der Waals surface area contributed by atoms with E-state index in [1.807, 2.05) is 24.3 Å². The van der Waals surface area contributed by atoms with E-state index in [4.69, 9.17) is 11.6 Å². The second-order valence-corrected chi connectivity index (χ2v) is 6.86. The van der Waals surface area contributed by atoms with Crippen LogP contribution in [0.5, 0.6) is 0 Å². The zero-order chi connectivity index (χ0) is 16.5. The largest absolute Gasteiger partial charge is 0.356 e. The topological polar surface area (TPSA) is 32.3 Å². The Bertz CT molecular complexity index is 475. The molecule has 1 aromatic rings. The lowest BCUT2D eigenvalue weighted by atomic mass is 10.00. The molecule has 3 nitrogen and oxygen atoms in total. The molecule has 1 fully saturated rings. The third kappa shape index (κ3) is 6.52. The zero-order valence-electron chi connectivity index (χ0n) is 14.2. The molecule has 128 valence electrons. The van der Waals surface area contributed by atoms with Crippen molar-refractivity contribution in [2.45, 2.75) is 57.9 Å². The van der Waals surface area contributed by atoms with Gasteiger partial charge < -0.3 is 10.2 Å². The van der Waals surface area contributed by atoms with Crippen molar-refractivity contribution < 1.29 is 4.79 Å². The van der Waals surface area contributed by atoms with Crippen LogP contribution in [0.3, 0.4) is 0 Å². The average Bonchev–Trinajstić information content (AvgIpc) is 2.58. The van der Waals surface area contributed by atoms with E-state index < -0.39 is 0 Å². The maximum absolute atomic E-state index is 11.9. The number of carbonyl (C=O) groups is 1. The van der Waals surface area contributed by atoms with Crippen LogP contribution in [0.25, 0.3) is 0 Å². The van der Waals surface area contributed by atoms with E-state index in [1.54, 1.807) is 0 Å². The van der Waals surface area contributed by atoms with Crippen LogP contribution >= 0.6 is 11.6 Å². The van der Waals surface area contributed by atoms with Crippen molar-refractivity contribution in [3.8, 4) is 0 Å². The number of aryl methyl sites for hydroxylation is 1. The highest BCUT2D eigenvalue weighted by molar-refractivity contribution is 6.30. The predicted octanol–water partition coefficient (Wildman–Crippen LogP) is 4.04. The molecule has 0 unspecified atom stereocenters. The third-order valence-electron chi connectivity index (χ3n) is 4.72. The Balaban J connectivity index is 1.58. The number of benzene rings is 1. The molecule has 0 spiro atoms. The molecule has 1 N–H and O–H groups in total. The Labute approximate surface area is 145 Å². The predicted molar refractivity (Wildman–Crippen MR) is 96.9 cm³/mol. The Hall–Kier alpha value is -1.06. The summed E-state index contributed by atoms with van der Waals surface area (Å²) in [5.74, 6) is 0.144. The summed E-state index contributed by atoms with van der Waals surface area (Å²) in [7, 11) is 0. The first-order chi connectivity index (χ1) is 11.2. The second kappa shape index (κ2) is 9.94. The SMILES string of the molecule is CC[C@@H]1CCCCN1CCCNC(=O)CCc1ccc(Cl)cc1. The van der Waals surface area contributed by atoms with Gasteiger partial charge in [-0.3, -0.25) is 4.79 Å². The molecule has 1 aromatic carbocycles. The van der Waals surface area contributed by atoms with Crippen LogP contribution in [0, 0.1) is 0 Å². The summed E-state index contributed by atoms with van der Waals surface area (Å²) in [6.45, 7) is 5.40. The number of piperidine rings is 1. The molecule has 0 saturated carbocycles. The molecule has 1 aliphatic rings. The number of nitrogens with one attached hydrogen (secondary N) is 1. The maximum atomic E-state index is 11.9. The highest BCUT2D eigenvalue weighted by atomic mass is 35.5. The van der Waals surface area contributed by atoms with Gasteiger partial charge in [-0.1, -0.05) is 37.1 Å². The van der Waals surface area contributed by atoms with E-state index in [0.29, 0.717) is 6.42 Å². The summed E-state index contributed by atoms with van der Waals surface area (Å²) in [6.07, 6.45) is 7.64. The number of amides is 1. The van der Waals surface area contributed by atoms with Gasteiger partial charge in [0.1, 0.15) is 0 Å². The smallest absolute Gasteiger partial charge is 0.220 e. The first kappa shape index (κ1) is 18.3.